The third kappa shape index (κ3) is 4.96. The van der Waals surface area contributed by atoms with E-state index in [-0.39, 0.29) is 30.4 Å². The van der Waals surface area contributed by atoms with Crippen LogP contribution in [0.4, 0.5) is 9.59 Å². The first-order chi connectivity index (χ1) is 13.6. The minimum Gasteiger partial charge on any atom is -0.477 e. The van der Waals surface area contributed by atoms with Crippen molar-refractivity contribution in [2.45, 2.75) is 32.4 Å². The average Bonchev–Trinajstić information content (AvgIpc) is 2.96. The van der Waals surface area contributed by atoms with Crippen LogP contribution in [0.1, 0.15) is 36.8 Å². The van der Waals surface area contributed by atoms with Crippen LogP contribution >= 0.6 is 0 Å². The van der Waals surface area contributed by atoms with Crippen molar-refractivity contribution in [2.75, 3.05) is 32.7 Å². The van der Waals surface area contributed by atoms with Crippen LogP contribution in [0, 0.1) is 11.8 Å². The zero-order chi connectivity index (χ0) is 21.2. The number of aromatic nitrogens is 1. The highest BCUT2D eigenvalue weighted by Gasteiger charge is 2.42. The van der Waals surface area contributed by atoms with E-state index in [1.165, 1.54) is 12.3 Å². The summed E-state index contributed by atoms with van der Waals surface area (Å²) in [5, 5.41) is 8.85. The quantitative estimate of drug-likeness (QED) is 0.755. The standard InChI is InChI=1S/C20H24N4O5/c1-20(2,3)29-19(28)23-9-10-24-15(13-23)12-22(18(24)27)8-4-5-14-6-7-16(17(25)26)21-11-14/h6-7,11,15H,8-10,12-13H2,1-3H3,(H,25,26)/t15-/m1/s1. The number of nitrogens with zero attached hydrogens (tertiary/aromatic N) is 4. The van der Waals surface area contributed by atoms with Crippen LogP contribution in [-0.4, -0.2) is 87.3 Å². The molecule has 0 bridgehead atoms. The van der Waals surface area contributed by atoms with Crippen molar-refractivity contribution >= 4 is 18.1 Å². The number of pyridine rings is 1. The summed E-state index contributed by atoms with van der Waals surface area (Å²) in [7, 11) is 0. The molecule has 1 atom stereocenters. The van der Waals surface area contributed by atoms with Gasteiger partial charge in [-0.15, -0.1) is 0 Å². The number of hydrogen-bond donors (Lipinski definition) is 1. The zero-order valence-corrected chi connectivity index (χ0v) is 16.7. The lowest BCUT2D eigenvalue weighted by atomic mass is 10.2. The van der Waals surface area contributed by atoms with Gasteiger partial charge in [0.1, 0.15) is 11.3 Å². The van der Waals surface area contributed by atoms with E-state index in [0.29, 0.717) is 31.7 Å². The minimum absolute atomic E-state index is 0.0447. The molecule has 3 rings (SSSR count). The summed E-state index contributed by atoms with van der Waals surface area (Å²) in [6, 6.07) is 2.80. The lowest BCUT2D eigenvalue weighted by molar-refractivity contribution is 0.0127. The SMILES string of the molecule is CC(C)(C)OC(=O)N1CCN2C(=O)N(CC#Cc3ccc(C(=O)O)nc3)C[C@@H]2C1. The van der Waals surface area contributed by atoms with Gasteiger partial charge in [-0.05, 0) is 32.9 Å². The minimum atomic E-state index is -1.09. The number of carbonyl (C=O) groups is 3. The molecule has 1 aromatic heterocycles. The van der Waals surface area contributed by atoms with Crippen molar-refractivity contribution < 1.29 is 24.2 Å². The second kappa shape index (κ2) is 7.99. The van der Waals surface area contributed by atoms with Gasteiger partial charge in [-0.3, -0.25) is 0 Å². The second-order valence-corrected chi connectivity index (χ2v) is 7.98. The molecule has 9 nitrogen and oxygen atoms in total. The molecule has 0 saturated carbocycles. The van der Waals surface area contributed by atoms with Gasteiger partial charge in [0.25, 0.3) is 0 Å². The van der Waals surface area contributed by atoms with Crippen LogP contribution in [0.15, 0.2) is 18.3 Å². The molecule has 0 aliphatic carbocycles. The third-order valence-electron chi connectivity index (χ3n) is 4.57. The molecule has 2 aliphatic heterocycles. The normalized spacial score (nSPS) is 18.8. The fraction of sp³-hybridized carbons (Fsp3) is 0.500. The molecule has 0 radical (unpaired) electrons. The number of rotatable bonds is 2. The Kier molecular flexibility index (Phi) is 5.64. The van der Waals surface area contributed by atoms with E-state index >= 15 is 0 Å². The molecule has 3 heterocycles. The van der Waals surface area contributed by atoms with Crippen molar-refractivity contribution in [3.63, 3.8) is 0 Å². The largest absolute Gasteiger partial charge is 0.477 e. The number of carboxylic acid groups (broad SMARTS) is 1. The molecule has 0 spiro atoms. The smallest absolute Gasteiger partial charge is 0.410 e. The molecule has 3 amide bonds. The molecule has 1 aromatic rings. The summed E-state index contributed by atoms with van der Waals surface area (Å²) in [5.74, 6) is 4.73. The Hall–Kier alpha value is -3.28. The third-order valence-corrected chi connectivity index (χ3v) is 4.57. The van der Waals surface area contributed by atoms with Crippen molar-refractivity contribution in [1.29, 1.82) is 0 Å². The summed E-state index contributed by atoms with van der Waals surface area (Å²) < 4.78 is 5.42. The summed E-state index contributed by atoms with van der Waals surface area (Å²) in [6.07, 6.45) is 1.03. The number of hydrogen-bond acceptors (Lipinski definition) is 5. The van der Waals surface area contributed by atoms with Crippen LogP contribution in [0.5, 0.6) is 0 Å². The fourth-order valence-corrected chi connectivity index (χ4v) is 3.23. The predicted octanol–water partition coefficient (Wildman–Crippen LogP) is 1.49. The van der Waals surface area contributed by atoms with Crippen LogP contribution in [0.2, 0.25) is 0 Å². The molecule has 154 valence electrons. The predicted molar refractivity (Wildman–Crippen MR) is 103 cm³/mol. The van der Waals surface area contributed by atoms with Gasteiger partial charge in [-0.1, -0.05) is 11.8 Å². The number of carbonyl (C=O) groups excluding carboxylic acids is 2. The maximum absolute atomic E-state index is 12.6. The lowest BCUT2D eigenvalue weighted by Gasteiger charge is -2.37. The Labute approximate surface area is 169 Å². The van der Waals surface area contributed by atoms with E-state index in [9.17, 15) is 14.4 Å². The van der Waals surface area contributed by atoms with E-state index < -0.39 is 11.6 Å². The van der Waals surface area contributed by atoms with Gasteiger partial charge in [0, 0.05) is 37.9 Å². The van der Waals surface area contributed by atoms with Crippen molar-refractivity contribution in [2.24, 2.45) is 0 Å². The first-order valence-electron chi connectivity index (χ1n) is 9.36. The number of fused-ring (bicyclic) bond motifs is 1. The molecule has 1 N–H and O–H groups in total. The molecular weight excluding hydrogens is 376 g/mol. The van der Waals surface area contributed by atoms with E-state index in [2.05, 4.69) is 16.8 Å². The van der Waals surface area contributed by atoms with Gasteiger partial charge in [-0.2, -0.15) is 0 Å². The van der Waals surface area contributed by atoms with E-state index in [0.717, 1.165) is 0 Å². The highest BCUT2D eigenvalue weighted by atomic mass is 16.6. The molecular formula is C20H24N4O5. The van der Waals surface area contributed by atoms with Gasteiger partial charge in [-0.25, -0.2) is 19.4 Å². The molecule has 2 fully saturated rings. The van der Waals surface area contributed by atoms with Crippen LogP contribution in [0.25, 0.3) is 0 Å². The Bertz CT molecular complexity index is 866. The monoisotopic (exact) mass is 400 g/mol. The van der Waals surface area contributed by atoms with Crippen LogP contribution < -0.4 is 0 Å². The summed E-state index contributed by atoms with van der Waals surface area (Å²) in [6.45, 7) is 7.56. The molecule has 2 aliphatic rings. The Balaban J connectivity index is 1.57. The lowest BCUT2D eigenvalue weighted by Crippen LogP contribution is -2.54. The summed E-state index contributed by atoms with van der Waals surface area (Å²) in [5.41, 5.74) is -0.0223. The Morgan fingerprint density at radius 2 is 2.03 bits per heavy atom. The van der Waals surface area contributed by atoms with Gasteiger partial charge < -0.3 is 24.5 Å². The fourth-order valence-electron chi connectivity index (χ4n) is 3.23. The Morgan fingerprint density at radius 3 is 2.66 bits per heavy atom. The van der Waals surface area contributed by atoms with Crippen molar-refractivity contribution in [1.82, 2.24) is 19.7 Å². The molecule has 9 heteroatoms. The highest BCUT2D eigenvalue weighted by Crippen LogP contribution is 2.21. The average molecular weight is 400 g/mol. The van der Waals surface area contributed by atoms with Gasteiger partial charge in [0.2, 0.25) is 0 Å². The van der Waals surface area contributed by atoms with Crippen LogP contribution in [-0.2, 0) is 4.74 Å². The van der Waals surface area contributed by atoms with Crippen LogP contribution in [0.3, 0.4) is 0 Å². The van der Waals surface area contributed by atoms with Gasteiger partial charge >= 0.3 is 18.1 Å². The van der Waals surface area contributed by atoms with Gasteiger partial charge in [0.05, 0.1) is 12.6 Å². The summed E-state index contributed by atoms with van der Waals surface area (Å²) in [4.78, 5) is 44.5. The zero-order valence-electron chi connectivity index (χ0n) is 16.7. The number of carboxylic acids is 1. The maximum Gasteiger partial charge on any atom is 0.410 e. The topological polar surface area (TPSA) is 103 Å². The van der Waals surface area contributed by atoms with Crippen molar-refractivity contribution in [3.05, 3.63) is 29.6 Å². The first-order valence-corrected chi connectivity index (χ1v) is 9.36. The highest BCUT2D eigenvalue weighted by molar-refractivity contribution is 5.85. The number of ether oxygens (including phenoxy) is 1. The molecule has 29 heavy (non-hydrogen) atoms. The molecule has 0 aromatic carbocycles. The first kappa shape index (κ1) is 20.5. The van der Waals surface area contributed by atoms with Gasteiger partial charge in [0.15, 0.2) is 0 Å². The second-order valence-electron chi connectivity index (χ2n) is 7.98. The Morgan fingerprint density at radius 1 is 1.28 bits per heavy atom. The van der Waals surface area contributed by atoms with E-state index in [1.54, 1.807) is 20.8 Å². The number of piperazine rings is 1. The maximum atomic E-state index is 12.6. The summed E-state index contributed by atoms with van der Waals surface area (Å²) >= 11 is 0. The molecule has 2 saturated heterocycles. The molecule has 0 unspecified atom stereocenters. The van der Waals surface area contributed by atoms with Crippen molar-refractivity contribution in [3.8, 4) is 11.8 Å². The van der Waals surface area contributed by atoms with E-state index in [1.807, 2.05) is 20.8 Å². The van der Waals surface area contributed by atoms with E-state index in [4.69, 9.17) is 9.84 Å². The number of urea groups is 1. The number of aromatic carboxylic acids is 1. The number of amides is 3.